The number of alkyl halides is 2. The monoisotopic (exact) mass is 538 g/mol. The summed E-state index contributed by atoms with van der Waals surface area (Å²) in [5.41, 5.74) is 0. The third-order valence-electron chi connectivity index (χ3n) is 5.63. The Morgan fingerprint density at radius 1 is 1.00 bits per heavy atom. The van der Waals surface area contributed by atoms with Gasteiger partial charge < -0.3 is 4.74 Å². The summed E-state index contributed by atoms with van der Waals surface area (Å²) in [5, 5.41) is 2.92. The summed E-state index contributed by atoms with van der Waals surface area (Å²) >= 11 is 11.6. The number of halogens is 2. The lowest BCUT2D eigenvalue weighted by molar-refractivity contribution is -0.145. The van der Waals surface area contributed by atoms with Gasteiger partial charge in [-0.2, -0.15) is 0 Å². The lowest BCUT2D eigenvalue weighted by Crippen LogP contribution is -2.29. The van der Waals surface area contributed by atoms with Crippen LogP contribution in [0.4, 0.5) is 0 Å². The van der Waals surface area contributed by atoms with Crippen molar-refractivity contribution in [2.45, 2.75) is 90.1 Å². The van der Waals surface area contributed by atoms with Crippen molar-refractivity contribution in [1.29, 1.82) is 0 Å². The van der Waals surface area contributed by atoms with E-state index in [1.165, 1.54) is 38.5 Å². The molecule has 0 aromatic carbocycles. The van der Waals surface area contributed by atoms with Gasteiger partial charge in [0.25, 0.3) is 0 Å². The fourth-order valence-corrected chi connectivity index (χ4v) is 6.41. The van der Waals surface area contributed by atoms with Crippen LogP contribution in [-0.2, 0) is 18.6 Å². The first-order valence-corrected chi connectivity index (χ1v) is 15.6. The van der Waals surface area contributed by atoms with E-state index in [0.29, 0.717) is 37.8 Å². The van der Waals surface area contributed by atoms with Gasteiger partial charge in [0.1, 0.15) is 12.7 Å². The van der Waals surface area contributed by atoms with Crippen LogP contribution in [-0.4, -0.2) is 54.7 Å². The molecule has 1 rings (SSSR count). The predicted molar refractivity (Wildman–Crippen MR) is 144 cm³/mol. The van der Waals surface area contributed by atoms with Gasteiger partial charge in [-0.15, -0.1) is 23.2 Å². The van der Waals surface area contributed by atoms with E-state index in [1.54, 1.807) is 4.67 Å². The minimum atomic E-state index is -3.17. The van der Waals surface area contributed by atoms with Gasteiger partial charge in [0.2, 0.25) is 0 Å². The molecular weight excluding hydrogens is 494 g/mol. The number of nitrogens with zero attached hydrogens (tertiary/aromatic N) is 1. The molecule has 9 heteroatoms. The van der Waals surface area contributed by atoms with Crippen molar-refractivity contribution in [3.8, 4) is 0 Å². The van der Waals surface area contributed by atoms with Crippen molar-refractivity contribution in [3.63, 3.8) is 0 Å². The van der Waals surface area contributed by atoms with Crippen LogP contribution in [0.2, 0.25) is 0 Å². The predicted octanol–water partition coefficient (Wildman–Crippen LogP) is 7.22. The van der Waals surface area contributed by atoms with Gasteiger partial charge in [0, 0.05) is 37.8 Å². The fourth-order valence-electron chi connectivity index (χ4n) is 3.66. The molecular formula is C25H45Cl2N2O4P. The Bertz CT molecular complexity index is 628. The van der Waals surface area contributed by atoms with Gasteiger partial charge in [0.15, 0.2) is 0 Å². The molecule has 0 saturated carbocycles. The number of allylic oxidation sites excluding steroid dienone is 4. The third-order valence-corrected chi connectivity index (χ3v) is 8.28. The van der Waals surface area contributed by atoms with E-state index >= 15 is 0 Å². The number of unbranched alkanes of at least 4 members (excludes halogenated alkanes) is 8. The van der Waals surface area contributed by atoms with Crippen LogP contribution < -0.4 is 5.09 Å². The van der Waals surface area contributed by atoms with Crippen molar-refractivity contribution in [2.75, 3.05) is 38.0 Å². The van der Waals surface area contributed by atoms with Crippen LogP contribution in [0.15, 0.2) is 24.3 Å². The fraction of sp³-hybridized carbons (Fsp3) is 0.800. The molecule has 2 atom stereocenters. The molecule has 2 unspecified atom stereocenters. The number of nitrogens with one attached hydrogen (secondary N) is 1. The van der Waals surface area contributed by atoms with E-state index in [4.69, 9.17) is 32.5 Å². The first-order chi connectivity index (χ1) is 16.6. The second-order valence-electron chi connectivity index (χ2n) is 8.61. The Morgan fingerprint density at radius 3 is 2.26 bits per heavy atom. The molecule has 1 fully saturated rings. The van der Waals surface area contributed by atoms with Crippen molar-refractivity contribution < 1.29 is 18.6 Å². The summed E-state index contributed by atoms with van der Waals surface area (Å²) in [6, 6.07) is 0. The quantitative estimate of drug-likeness (QED) is 0.0546. The van der Waals surface area contributed by atoms with Crippen molar-refractivity contribution >= 4 is 36.8 Å². The molecule has 1 saturated heterocycles. The van der Waals surface area contributed by atoms with E-state index in [2.05, 4.69) is 36.3 Å². The highest BCUT2D eigenvalue weighted by atomic mass is 35.5. The highest BCUT2D eigenvalue weighted by Crippen LogP contribution is 2.51. The molecule has 0 aromatic rings. The van der Waals surface area contributed by atoms with Crippen LogP contribution in [0.5, 0.6) is 0 Å². The summed E-state index contributed by atoms with van der Waals surface area (Å²) in [4.78, 5) is 12.0. The molecule has 1 aliphatic rings. The number of esters is 1. The highest BCUT2D eigenvalue weighted by molar-refractivity contribution is 7.54. The summed E-state index contributed by atoms with van der Waals surface area (Å²) in [6.07, 6.45) is 21.7. The second-order valence-corrected chi connectivity index (χ2v) is 11.5. The van der Waals surface area contributed by atoms with Gasteiger partial charge in [0.05, 0.1) is 0 Å². The highest BCUT2D eigenvalue weighted by Gasteiger charge is 2.40. The molecule has 0 aliphatic carbocycles. The zero-order chi connectivity index (χ0) is 24.9. The summed E-state index contributed by atoms with van der Waals surface area (Å²) in [5.74, 6) is 0.438. The average Bonchev–Trinajstić information content (AvgIpc) is 3.22. The average molecular weight is 540 g/mol. The number of carbonyl (C=O) groups is 1. The maximum Gasteiger partial charge on any atom is 0.344 e. The molecule has 0 radical (unpaired) electrons. The SMILES string of the molecule is CCCCCC=CCC=CCCCCCCCC(=O)OCC1CNP(=O)(N(CCCl)CCCl)O1. The zero-order valence-electron chi connectivity index (χ0n) is 20.9. The van der Waals surface area contributed by atoms with E-state index in [1.807, 2.05) is 0 Å². The summed E-state index contributed by atoms with van der Waals surface area (Å²) in [6.45, 7) is 3.53. The molecule has 0 spiro atoms. The van der Waals surface area contributed by atoms with Crippen LogP contribution in [0.1, 0.15) is 84.0 Å². The van der Waals surface area contributed by atoms with E-state index < -0.39 is 13.8 Å². The molecule has 1 aliphatic heterocycles. The second kappa shape index (κ2) is 20.8. The van der Waals surface area contributed by atoms with Crippen molar-refractivity contribution in [3.05, 3.63) is 24.3 Å². The molecule has 198 valence electrons. The van der Waals surface area contributed by atoms with Gasteiger partial charge in [-0.05, 0) is 38.5 Å². The number of ether oxygens (including phenoxy) is 1. The Balaban J connectivity index is 2.01. The molecule has 34 heavy (non-hydrogen) atoms. The van der Waals surface area contributed by atoms with Gasteiger partial charge >= 0.3 is 13.6 Å². The number of hydrogen-bond acceptors (Lipinski definition) is 4. The summed E-state index contributed by atoms with van der Waals surface area (Å²) < 4.78 is 25.5. The molecule has 1 N–H and O–H groups in total. The first-order valence-electron chi connectivity index (χ1n) is 12.9. The third kappa shape index (κ3) is 14.9. The Morgan fingerprint density at radius 2 is 1.62 bits per heavy atom. The number of rotatable bonds is 21. The van der Waals surface area contributed by atoms with Crippen LogP contribution >= 0.6 is 30.9 Å². The smallest absolute Gasteiger partial charge is 0.344 e. The number of carbonyl (C=O) groups excluding carboxylic acids is 1. The van der Waals surface area contributed by atoms with Crippen LogP contribution in [0.25, 0.3) is 0 Å². The van der Waals surface area contributed by atoms with Crippen LogP contribution in [0.3, 0.4) is 0 Å². The largest absolute Gasteiger partial charge is 0.463 e. The Kier molecular flexibility index (Phi) is 19.4. The minimum absolute atomic E-state index is 0.103. The topological polar surface area (TPSA) is 67.9 Å². The van der Waals surface area contributed by atoms with Crippen molar-refractivity contribution in [1.82, 2.24) is 9.76 Å². The maximum absolute atomic E-state index is 12.9. The molecule has 0 bridgehead atoms. The van der Waals surface area contributed by atoms with Crippen LogP contribution in [0, 0.1) is 0 Å². The molecule has 0 aromatic heterocycles. The Hall–Kier alpha value is -0.360. The van der Waals surface area contributed by atoms with Gasteiger partial charge in [-0.1, -0.05) is 63.3 Å². The number of hydrogen-bond donors (Lipinski definition) is 1. The standard InChI is InChI=1S/C25H45Cl2N2O4P/c1-2-3-4-5-6-7-8-9-10-11-12-13-14-15-16-17-25(30)32-23-24-22-28-34(31,33-24)29(20-18-26)21-19-27/h6-7,9-10,24H,2-5,8,11-23H2,1H3,(H,28,31). The Labute approximate surface area is 217 Å². The van der Waals surface area contributed by atoms with Gasteiger partial charge in [-0.3, -0.25) is 13.9 Å². The molecule has 1 heterocycles. The summed E-state index contributed by atoms with van der Waals surface area (Å²) in [7, 11) is -3.17. The zero-order valence-corrected chi connectivity index (χ0v) is 23.3. The maximum atomic E-state index is 12.9. The van der Waals surface area contributed by atoms with Gasteiger partial charge in [-0.25, -0.2) is 9.76 Å². The van der Waals surface area contributed by atoms with Crippen molar-refractivity contribution in [2.24, 2.45) is 0 Å². The first kappa shape index (κ1) is 31.7. The lowest BCUT2D eigenvalue weighted by atomic mass is 10.1. The lowest BCUT2D eigenvalue weighted by Gasteiger charge is -2.26. The normalized spacial score (nSPS) is 20.8. The molecule has 6 nitrogen and oxygen atoms in total. The minimum Gasteiger partial charge on any atom is -0.463 e. The van der Waals surface area contributed by atoms with E-state index in [0.717, 1.165) is 32.1 Å². The molecule has 0 amide bonds. The van der Waals surface area contributed by atoms with E-state index in [9.17, 15) is 9.36 Å². The van der Waals surface area contributed by atoms with E-state index in [-0.39, 0.29) is 12.6 Å².